The fraction of sp³-hybridized carbons (Fsp3) is 0.625. The topological polar surface area (TPSA) is 72.1 Å². The van der Waals surface area contributed by atoms with Gasteiger partial charge >= 0.3 is 5.63 Å². The second-order valence-corrected chi connectivity index (χ2v) is 10.6. The van der Waals surface area contributed by atoms with Crippen LogP contribution in [0.4, 0.5) is 0 Å². The summed E-state index contributed by atoms with van der Waals surface area (Å²) in [5, 5.41) is 10.9. The van der Waals surface area contributed by atoms with E-state index in [0.717, 1.165) is 36.9 Å². The van der Waals surface area contributed by atoms with Crippen LogP contribution in [0.3, 0.4) is 0 Å². The second-order valence-electron chi connectivity index (χ2n) is 10.6. The highest BCUT2D eigenvalue weighted by Gasteiger charge is 2.52. The molecule has 0 spiro atoms. The molecule has 6 heteroatoms. The number of hydrogen-bond acceptors (Lipinski definition) is 6. The third kappa shape index (κ3) is 3.83. The number of aliphatic hydroxyl groups excluding tert-OH is 1. The lowest BCUT2D eigenvalue weighted by atomic mass is 9.52. The fourth-order valence-corrected chi connectivity index (χ4v) is 6.79. The summed E-state index contributed by atoms with van der Waals surface area (Å²) in [6.07, 6.45) is 3.21. The van der Waals surface area contributed by atoms with Gasteiger partial charge in [-0.05, 0) is 47.1 Å². The highest BCUT2D eigenvalue weighted by molar-refractivity contribution is 5.84. The van der Waals surface area contributed by atoms with Crippen molar-refractivity contribution >= 4 is 11.0 Å². The minimum atomic E-state index is -0.354. The largest absolute Gasteiger partial charge is 0.493 e. The van der Waals surface area contributed by atoms with Crippen LogP contribution in [0.5, 0.6) is 11.5 Å². The van der Waals surface area contributed by atoms with E-state index in [4.69, 9.17) is 13.9 Å². The number of aliphatic hydroxyl groups is 1. The van der Waals surface area contributed by atoms with Gasteiger partial charge in [-0.2, -0.15) is 0 Å². The summed E-state index contributed by atoms with van der Waals surface area (Å²) in [6, 6.07) is 5.21. The van der Waals surface area contributed by atoms with Crippen LogP contribution in [0.15, 0.2) is 27.4 Å². The molecule has 164 valence electrons. The normalized spacial score (nSPS) is 31.7. The van der Waals surface area contributed by atoms with Crippen molar-refractivity contribution in [1.82, 2.24) is 4.90 Å². The van der Waals surface area contributed by atoms with E-state index in [-0.39, 0.29) is 28.5 Å². The molecule has 1 N–H and O–H groups in total. The SMILES string of the molecule is COc1cc2oc(=O)cc(CN3C[C@@]4(C)CC(C)(CO)C[C@@](C)(C3)C4)c2cc1OC. The highest BCUT2D eigenvalue weighted by Crippen LogP contribution is 2.57. The van der Waals surface area contributed by atoms with E-state index >= 15 is 0 Å². The van der Waals surface area contributed by atoms with Gasteiger partial charge in [0.1, 0.15) is 5.58 Å². The Morgan fingerprint density at radius 2 is 1.60 bits per heavy atom. The number of nitrogens with zero attached hydrogens (tertiary/aromatic N) is 1. The van der Waals surface area contributed by atoms with Crippen LogP contribution in [-0.4, -0.2) is 43.9 Å². The molecule has 1 aliphatic carbocycles. The first-order chi connectivity index (χ1) is 14.1. The number of fused-ring (bicyclic) bond motifs is 3. The monoisotopic (exact) mass is 415 g/mol. The molecule has 30 heavy (non-hydrogen) atoms. The van der Waals surface area contributed by atoms with Crippen molar-refractivity contribution in [2.24, 2.45) is 16.2 Å². The third-order valence-corrected chi connectivity index (χ3v) is 6.88. The molecule has 2 heterocycles. The zero-order valence-corrected chi connectivity index (χ0v) is 18.7. The van der Waals surface area contributed by atoms with Crippen molar-refractivity contribution < 1.29 is 19.0 Å². The predicted octanol–water partition coefficient (Wildman–Crippen LogP) is 3.82. The Labute approximate surface area is 177 Å². The number of ether oxygens (including phenoxy) is 2. The van der Waals surface area contributed by atoms with E-state index in [1.807, 2.05) is 6.07 Å². The Balaban J connectivity index is 1.69. The Hall–Kier alpha value is -2.05. The van der Waals surface area contributed by atoms with Gasteiger partial charge in [0.2, 0.25) is 0 Å². The summed E-state index contributed by atoms with van der Waals surface area (Å²) in [7, 11) is 3.17. The molecule has 1 saturated carbocycles. The van der Waals surface area contributed by atoms with Crippen LogP contribution in [0.25, 0.3) is 11.0 Å². The first-order valence-corrected chi connectivity index (χ1v) is 10.6. The maximum absolute atomic E-state index is 12.3. The molecule has 2 aromatic rings. The molecule has 4 rings (SSSR count). The fourth-order valence-electron chi connectivity index (χ4n) is 6.79. The molecule has 6 nitrogen and oxygen atoms in total. The molecule has 2 aliphatic rings. The number of rotatable bonds is 5. The number of hydrogen-bond donors (Lipinski definition) is 1. The van der Waals surface area contributed by atoms with E-state index < -0.39 is 0 Å². The first-order valence-electron chi connectivity index (χ1n) is 10.6. The van der Waals surface area contributed by atoms with E-state index in [1.165, 1.54) is 6.42 Å². The highest BCUT2D eigenvalue weighted by atomic mass is 16.5. The molecule has 2 bridgehead atoms. The molecular formula is C24H33NO5. The summed E-state index contributed by atoms with van der Waals surface area (Å²) in [6.45, 7) is 9.72. The zero-order valence-electron chi connectivity index (χ0n) is 18.7. The predicted molar refractivity (Wildman–Crippen MR) is 116 cm³/mol. The molecule has 0 amide bonds. The summed E-state index contributed by atoms with van der Waals surface area (Å²) in [4.78, 5) is 14.7. The molecule has 1 saturated heterocycles. The van der Waals surface area contributed by atoms with Crippen LogP contribution in [0.2, 0.25) is 0 Å². The Morgan fingerprint density at radius 3 is 2.17 bits per heavy atom. The van der Waals surface area contributed by atoms with Gasteiger partial charge in [-0.3, -0.25) is 4.90 Å². The van der Waals surface area contributed by atoms with Gasteiger partial charge in [0, 0.05) is 43.8 Å². The van der Waals surface area contributed by atoms with Crippen molar-refractivity contribution in [2.45, 2.75) is 46.6 Å². The number of benzene rings is 1. The van der Waals surface area contributed by atoms with Crippen molar-refractivity contribution in [1.29, 1.82) is 0 Å². The van der Waals surface area contributed by atoms with Gasteiger partial charge in [-0.15, -0.1) is 0 Å². The molecule has 1 aromatic carbocycles. The number of likely N-dealkylation sites (tertiary alicyclic amines) is 1. The molecule has 1 aliphatic heterocycles. The minimum Gasteiger partial charge on any atom is -0.493 e. The van der Waals surface area contributed by atoms with E-state index in [0.29, 0.717) is 23.6 Å². The van der Waals surface area contributed by atoms with Crippen molar-refractivity contribution in [3.63, 3.8) is 0 Å². The second kappa shape index (κ2) is 7.27. The minimum absolute atomic E-state index is 0.0156. The average Bonchev–Trinajstić information content (AvgIpc) is 2.64. The molecule has 3 atom stereocenters. The standard InChI is InChI=1S/C24H33NO5/c1-22-10-23(2,12-24(3,11-22)15-26)14-25(13-22)9-16-6-21(27)30-18-8-20(29-5)19(28-4)7-17(16)18/h6-8,26H,9-15H2,1-5H3/t22-,23+,24?. The zero-order chi connectivity index (χ0) is 21.7. The molecule has 1 unspecified atom stereocenters. The van der Waals surface area contributed by atoms with E-state index in [1.54, 1.807) is 26.4 Å². The van der Waals surface area contributed by atoms with Crippen LogP contribution >= 0.6 is 0 Å². The molecular weight excluding hydrogens is 382 g/mol. The Bertz CT molecular complexity index is 995. The lowest BCUT2D eigenvalue weighted by Gasteiger charge is -2.59. The van der Waals surface area contributed by atoms with Gasteiger partial charge in [-0.1, -0.05) is 20.8 Å². The van der Waals surface area contributed by atoms with Crippen LogP contribution in [0.1, 0.15) is 45.6 Å². The smallest absolute Gasteiger partial charge is 0.336 e. The summed E-state index contributed by atoms with van der Waals surface area (Å²) < 4.78 is 16.3. The quantitative estimate of drug-likeness (QED) is 0.749. The molecule has 0 radical (unpaired) electrons. The van der Waals surface area contributed by atoms with Crippen molar-refractivity contribution in [3.05, 3.63) is 34.2 Å². The van der Waals surface area contributed by atoms with Gasteiger partial charge < -0.3 is 19.0 Å². The Kier molecular flexibility index (Phi) is 5.14. The lowest BCUT2D eigenvalue weighted by Crippen LogP contribution is -2.57. The number of methoxy groups -OCH3 is 2. The van der Waals surface area contributed by atoms with E-state index in [9.17, 15) is 9.90 Å². The Morgan fingerprint density at radius 1 is 1.00 bits per heavy atom. The molecule has 1 aromatic heterocycles. The van der Waals surface area contributed by atoms with Crippen molar-refractivity contribution in [3.8, 4) is 11.5 Å². The van der Waals surface area contributed by atoms with E-state index in [2.05, 4.69) is 25.7 Å². The maximum Gasteiger partial charge on any atom is 0.336 e. The van der Waals surface area contributed by atoms with Gasteiger partial charge in [0.05, 0.1) is 14.2 Å². The molecule has 2 fully saturated rings. The van der Waals surface area contributed by atoms with Crippen LogP contribution in [-0.2, 0) is 6.54 Å². The van der Waals surface area contributed by atoms with Gasteiger partial charge in [-0.25, -0.2) is 4.79 Å². The number of piperidine rings is 1. The third-order valence-electron chi connectivity index (χ3n) is 6.88. The van der Waals surface area contributed by atoms with Gasteiger partial charge in [0.25, 0.3) is 0 Å². The van der Waals surface area contributed by atoms with Crippen LogP contribution < -0.4 is 15.1 Å². The maximum atomic E-state index is 12.3. The summed E-state index contributed by atoms with van der Waals surface area (Å²) in [5.74, 6) is 1.16. The van der Waals surface area contributed by atoms with Crippen LogP contribution in [0, 0.1) is 16.2 Å². The average molecular weight is 416 g/mol. The first kappa shape index (κ1) is 21.2. The lowest BCUT2D eigenvalue weighted by molar-refractivity contribution is -0.105. The van der Waals surface area contributed by atoms with Crippen molar-refractivity contribution in [2.75, 3.05) is 33.9 Å². The summed E-state index contributed by atoms with van der Waals surface area (Å²) in [5.41, 5.74) is 1.39. The van der Waals surface area contributed by atoms with Gasteiger partial charge in [0.15, 0.2) is 11.5 Å². The summed E-state index contributed by atoms with van der Waals surface area (Å²) >= 11 is 0.